The molecule has 0 unspecified atom stereocenters. The molecule has 6 heteroatoms. The van der Waals surface area contributed by atoms with Crippen LogP contribution < -0.4 is 4.74 Å². The van der Waals surface area contributed by atoms with Crippen molar-refractivity contribution in [1.29, 1.82) is 0 Å². The molecule has 138 valence electrons. The van der Waals surface area contributed by atoms with E-state index >= 15 is 0 Å². The number of thiophene rings is 1. The minimum atomic E-state index is -0.627. The quantitative estimate of drug-likeness (QED) is 0.452. The van der Waals surface area contributed by atoms with Crippen LogP contribution in [0.15, 0.2) is 48.5 Å². The molecule has 0 saturated heterocycles. The maximum atomic E-state index is 12.4. The molecule has 0 N–H and O–H groups in total. The van der Waals surface area contributed by atoms with E-state index in [1.807, 2.05) is 31.2 Å². The van der Waals surface area contributed by atoms with Crippen LogP contribution in [0.1, 0.15) is 32.5 Å². The number of hydrogen-bond acceptors (Lipinski definition) is 6. The van der Waals surface area contributed by atoms with Gasteiger partial charge in [-0.1, -0.05) is 18.2 Å². The van der Waals surface area contributed by atoms with E-state index in [2.05, 4.69) is 0 Å². The molecule has 0 aliphatic rings. The van der Waals surface area contributed by atoms with Crippen LogP contribution in [0, 0.1) is 6.92 Å². The highest BCUT2D eigenvalue weighted by Crippen LogP contribution is 2.30. The van der Waals surface area contributed by atoms with Crippen LogP contribution in [0.2, 0.25) is 0 Å². The third kappa shape index (κ3) is 4.41. The molecule has 3 aromatic rings. The summed E-state index contributed by atoms with van der Waals surface area (Å²) in [6.07, 6.45) is 0. The van der Waals surface area contributed by atoms with E-state index in [0.29, 0.717) is 16.2 Å². The number of rotatable bonds is 7. The van der Waals surface area contributed by atoms with Gasteiger partial charge in [-0.15, -0.1) is 11.3 Å². The van der Waals surface area contributed by atoms with Gasteiger partial charge in [0.25, 0.3) is 0 Å². The summed E-state index contributed by atoms with van der Waals surface area (Å²) >= 11 is 1.40. The Morgan fingerprint density at radius 2 is 1.67 bits per heavy atom. The zero-order valence-corrected chi connectivity index (χ0v) is 15.8. The lowest BCUT2D eigenvalue weighted by Crippen LogP contribution is -2.19. The fourth-order valence-corrected chi connectivity index (χ4v) is 3.76. The van der Waals surface area contributed by atoms with Crippen LogP contribution in [-0.4, -0.2) is 30.7 Å². The van der Waals surface area contributed by atoms with Crippen molar-refractivity contribution in [2.24, 2.45) is 0 Å². The predicted octanol–water partition coefficient (Wildman–Crippen LogP) is 4.22. The second kappa shape index (κ2) is 8.14. The van der Waals surface area contributed by atoms with Gasteiger partial charge in [-0.05, 0) is 55.1 Å². The van der Waals surface area contributed by atoms with Gasteiger partial charge in [-0.25, -0.2) is 4.79 Å². The minimum Gasteiger partial charge on any atom is -0.482 e. The van der Waals surface area contributed by atoms with Gasteiger partial charge in [0.15, 0.2) is 19.0 Å². The molecular formula is C21H18O5S. The predicted molar refractivity (Wildman–Crippen MR) is 104 cm³/mol. The number of fused-ring (bicyclic) bond motifs is 1. The Labute approximate surface area is 160 Å². The van der Waals surface area contributed by atoms with E-state index in [9.17, 15) is 14.4 Å². The molecule has 1 aromatic heterocycles. The number of aryl methyl sites for hydroxylation is 1. The highest BCUT2D eigenvalue weighted by atomic mass is 32.1. The first-order valence-electron chi connectivity index (χ1n) is 8.36. The fraction of sp³-hybridized carbons (Fsp3) is 0.190. The van der Waals surface area contributed by atoms with Crippen molar-refractivity contribution < 1.29 is 23.9 Å². The Hall–Kier alpha value is -2.99. The Kier molecular flexibility index (Phi) is 5.66. The van der Waals surface area contributed by atoms with Gasteiger partial charge in [0, 0.05) is 10.3 Å². The SMILES string of the molecule is CC(=O)c1ccc(OCC(=O)OCC(=O)c2sc3ccccc3c2C)cc1. The third-order valence-corrected chi connectivity index (χ3v) is 5.39. The molecule has 0 atom stereocenters. The Balaban J connectivity index is 1.53. The Morgan fingerprint density at radius 1 is 0.963 bits per heavy atom. The van der Waals surface area contributed by atoms with Crippen LogP contribution in [0.4, 0.5) is 0 Å². The highest BCUT2D eigenvalue weighted by Gasteiger charge is 2.17. The first kappa shape index (κ1) is 18.8. The normalized spacial score (nSPS) is 10.6. The van der Waals surface area contributed by atoms with Crippen molar-refractivity contribution in [3.63, 3.8) is 0 Å². The van der Waals surface area contributed by atoms with Crippen molar-refractivity contribution in [2.45, 2.75) is 13.8 Å². The van der Waals surface area contributed by atoms with Gasteiger partial charge in [0.1, 0.15) is 5.75 Å². The summed E-state index contributed by atoms with van der Waals surface area (Å²) < 4.78 is 11.4. The summed E-state index contributed by atoms with van der Waals surface area (Å²) in [5, 5.41) is 1.04. The molecule has 5 nitrogen and oxygen atoms in total. The molecule has 0 spiro atoms. The molecule has 27 heavy (non-hydrogen) atoms. The van der Waals surface area contributed by atoms with Gasteiger partial charge in [0.05, 0.1) is 4.88 Å². The number of hydrogen-bond donors (Lipinski definition) is 0. The summed E-state index contributed by atoms with van der Waals surface area (Å²) in [5.41, 5.74) is 1.47. The smallest absolute Gasteiger partial charge is 0.344 e. The van der Waals surface area contributed by atoms with Gasteiger partial charge in [0.2, 0.25) is 5.78 Å². The Morgan fingerprint density at radius 3 is 2.33 bits per heavy atom. The van der Waals surface area contributed by atoms with E-state index in [4.69, 9.17) is 9.47 Å². The van der Waals surface area contributed by atoms with Gasteiger partial charge < -0.3 is 9.47 Å². The topological polar surface area (TPSA) is 69.7 Å². The third-order valence-electron chi connectivity index (χ3n) is 4.08. The van der Waals surface area contributed by atoms with E-state index in [0.717, 1.165) is 15.6 Å². The summed E-state index contributed by atoms with van der Waals surface area (Å²) in [6, 6.07) is 14.2. The number of ether oxygens (including phenoxy) is 2. The fourth-order valence-electron chi connectivity index (χ4n) is 2.62. The lowest BCUT2D eigenvalue weighted by Gasteiger charge is -2.07. The lowest BCUT2D eigenvalue weighted by molar-refractivity contribution is -0.144. The average Bonchev–Trinajstić information content (AvgIpc) is 3.02. The highest BCUT2D eigenvalue weighted by molar-refractivity contribution is 7.21. The maximum Gasteiger partial charge on any atom is 0.344 e. The minimum absolute atomic E-state index is 0.0454. The number of carbonyl (C=O) groups excluding carboxylic acids is 3. The molecule has 2 aromatic carbocycles. The first-order chi connectivity index (χ1) is 13.0. The second-order valence-corrected chi connectivity index (χ2v) is 7.06. The molecular weight excluding hydrogens is 364 g/mol. The summed E-state index contributed by atoms with van der Waals surface area (Å²) in [4.78, 5) is 36.0. The molecule has 1 heterocycles. The number of ketones is 2. The summed E-state index contributed by atoms with van der Waals surface area (Å²) in [6.45, 7) is 2.74. The molecule has 0 fully saturated rings. The first-order valence-corrected chi connectivity index (χ1v) is 9.18. The second-order valence-electron chi connectivity index (χ2n) is 6.01. The zero-order chi connectivity index (χ0) is 19.4. The van der Waals surface area contributed by atoms with Crippen LogP contribution in [-0.2, 0) is 9.53 Å². The molecule has 3 rings (SSSR count). The monoisotopic (exact) mass is 382 g/mol. The average molecular weight is 382 g/mol. The zero-order valence-electron chi connectivity index (χ0n) is 15.0. The lowest BCUT2D eigenvalue weighted by atomic mass is 10.1. The number of Topliss-reactive ketones (excluding diaryl/α,β-unsaturated/α-hetero) is 2. The molecule has 0 bridgehead atoms. The van der Waals surface area contributed by atoms with Crippen LogP contribution in [0.5, 0.6) is 5.75 Å². The van der Waals surface area contributed by atoms with Crippen molar-refractivity contribution in [3.05, 3.63) is 64.5 Å². The number of benzene rings is 2. The van der Waals surface area contributed by atoms with Crippen molar-refractivity contribution in [2.75, 3.05) is 13.2 Å². The standard InChI is InChI=1S/C21H18O5S/c1-13-17-5-3-4-6-19(17)27-21(13)18(23)11-26-20(24)12-25-16-9-7-15(8-10-16)14(2)22/h3-10H,11-12H2,1-2H3. The van der Waals surface area contributed by atoms with Crippen LogP contribution >= 0.6 is 11.3 Å². The van der Waals surface area contributed by atoms with Gasteiger partial charge in [-0.2, -0.15) is 0 Å². The van der Waals surface area contributed by atoms with E-state index in [-0.39, 0.29) is 24.8 Å². The maximum absolute atomic E-state index is 12.4. The van der Waals surface area contributed by atoms with E-state index < -0.39 is 5.97 Å². The molecule has 0 amide bonds. The van der Waals surface area contributed by atoms with Crippen molar-refractivity contribution in [1.82, 2.24) is 0 Å². The number of carbonyl (C=O) groups is 3. The largest absolute Gasteiger partial charge is 0.482 e. The van der Waals surface area contributed by atoms with Crippen molar-refractivity contribution >= 4 is 39.0 Å². The van der Waals surface area contributed by atoms with Crippen LogP contribution in [0.25, 0.3) is 10.1 Å². The van der Waals surface area contributed by atoms with Gasteiger partial charge in [-0.3, -0.25) is 9.59 Å². The van der Waals surface area contributed by atoms with Gasteiger partial charge >= 0.3 is 5.97 Å². The Bertz CT molecular complexity index is 1000. The number of esters is 1. The van der Waals surface area contributed by atoms with E-state index in [1.165, 1.54) is 18.3 Å². The molecule has 0 radical (unpaired) electrons. The molecule has 0 aliphatic carbocycles. The summed E-state index contributed by atoms with van der Waals surface area (Å²) in [5.74, 6) is -0.453. The van der Waals surface area contributed by atoms with Crippen LogP contribution in [0.3, 0.4) is 0 Å². The summed E-state index contributed by atoms with van der Waals surface area (Å²) in [7, 11) is 0. The van der Waals surface area contributed by atoms with E-state index in [1.54, 1.807) is 24.3 Å². The van der Waals surface area contributed by atoms with Crippen molar-refractivity contribution in [3.8, 4) is 5.75 Å². The molecule has 0 aliphatic heterocycles. The molecule has 0 saturated carbocycles.